The zero-order chi connectivity index (χ0) is 15.1. The molecule has 1 rings (SSSR count). The van der Waals surface area contributed by atoms with Crippen LogP contribution in [0.25, 0.3) is 0 Å². The highest BCUT2D eigenvalue weighted by Crippen LogP contribution is 2.21. The Morgan fingerprint density at radius 1 is 1.65 bits per heavy atom. The van der Waals surface area contributed by atoms with Crippen molar-refractivity contribution in [3.8, 4) is 0 Å². The topological polar surface area (TPSA) is 115 Å². The number of carbonyl (C=O) groups is 1. The van der Waals surface area contributed by atoms with Gasteiger partial charge in [-0.3, -0.25) is 10.1 Å². The number of hydrogen-bond donors (Lipinski definition) is 2. The summed E-state index contributed by atoms with van der Waals surface area (Å²) in [5.41, 5.74) is -0.915. The molecule has 0 fully saturated rings. The minimum absolute atomic E-state index is 0.0272. The quantitative estimate of drug-likeness (QED) is 0.553. The average Bonchev–Trinajstić information content (AvgIpc) is 2.38. The molecule has 1 aromatic rings. The van der Waals surface area contributed by atoms with Crippen molar-refractivity contribution in [1.82, 2.24) is 4.98 Å². The molecule has 0 aliphatic heterocycles. The summed E-state index contributed by atoms with van der Waals surface area (Å²) >= 11 is 0. The molecule has 0 aliphatic rings. The van der Waals surface area contributed by atoms with E-state index in [-0.39, 0.29) is 17.4 Å². The van der Waals surface area contributed by atoms with Crippen LogP contribution >= 0.6 is 0 Å². The number of ether oxygens (including phenoxy) is 1. The Labute approximate surface area is 115 Å². The Bertz CT molecular complexity index is 486. The maximum absolute atomic E-state index is 11.0. The van der Waals surface area contributed by atoms with Crippen molar-refractivity contribution in [1.29, 1.82) is 0 Å². The second-order valence-corrected chi connectivity index (χ2v) is 4.23. The highest BCUT2D eigenvalue weighted by atomic mass is 16.6. The van der Waals surface area contributed by atoms with E-state index in [1.807, 2.05) is 6.92 Å². The molecule has 0 amide bonds. The normalized spacial score (nSPS) is 11.9. The van der Waals surface area contributed by atoms with E-state index in [0.29, 0.717) is 6.61 Å². The molecule has 0 saturated heterocycles. The molecule has 0 spiro atoms. The number of nitrogens with one attached hydrogen (secondary N) is 1. The molecular weight excluding hydrogens is 266 g/mol. The Balaban J connectivity index is 2.99. The number of anilines is 1. The van der Waals surface area contributed by atoms with Crippen LogP contribution in [0.3, 0.4) is 0 Å². The van der Waals surface area contributed by atoms with Crippen molar-refractivity contribution in [2.24, 2.45) is 0 Å². The zero-order valence-corrected chi connectivity index (χ0v) is 11.3. The third-order valence-electron chi connectivity index (χ3n) is 2.67. The first-order chi connectivity index (χ1) is 9.49. The lowest BCUT2D eigenvalue weighted by Gasteiger charge is -2.17. The van der Waals surface area contributed by atoms with Gasteiger partial charge in [-0.1, -0.05) is 13.3 Å². The summed E-state index contributed by atoms with van der Waals surface area (Å²) in [6.45, 7) is 2.45. The number of aromatic nitrogens is 1. The average molecular weight is 283 g/mol. The first kappa shape index (κ1) is 15.8. The lowest BCUT2D eigenvalue weighted by molar-refractivity contribution is -0.385. The number of rotatable bonds is 8. The van der Waals surface area contributed by atoms with Gasteiger partial charge in [-0.25, -0.2) is 9.78 Å². The second-order valence-electron chi connectivity index (χ2n) is 4.23. The summed E-state index contributed by atoms with van der Waals surface area (Å²) < 4.78 is 5.05. The maximum atomic E-state index is 11.0. The fraction of sp³-hybridized carbons (Fsp3) is 0.500. The smallest absolute Gasteiger partial charge is 0.342 e. The van der Waals surface area contributed by atoms with Crippen molar-refractivity contribution in [2.45, 2.75) is 25.8 Å². The van der Waals surface area contributed by atoms with E-state index in [1.54, 1.807) is 7.11 Å². The van der Waals surface area contributed by atoms with Crippen LogP contribution in [0.2, 0.25) is 0 Å². The van der Waals surface area contributed by atoms with Gasteiger partial charge in [-0.15, -0.1) is 0 Å². The minimum atomic E-state index is -1.36. The SMILES string of the molecule is CCCC(COC)Nc1cc(C(=O)O)c([N+](=O)[O-])cn1. The summed E-state index contributed by atoms with van der Waals surface area (Å²) in [4.78, 5) is 24.9. The number of nitrogens with zero attached hydrogens (tertiary/aromatic N) is 2. The van der Waals surface area contributed by atoms with Gasteiger partial charge in [0.25, 0.3) is 0 Å². The van der Waals surface area contributed by atoms with Crippen molar-refractivity contribution < 1.29 is 19.6 Å². The van der Waals surface area contributed by atoms with Gasteiger partial charge in [0.15, 0.2) is 0 Å². The molecule has 1 unspecified atom stereocenters. The summed E-state index contributed by atoms with van der Waals surface area (Å²) in [6.07, 6.45) is 2.68. The predicted octanol–water partition coefficient (Wildman–Crippen LogP) is 1.91. The van der Waals surface area contributed by atoms with Crippen LogP contribution in [-0.4, -0.2) is 40.7 Å². The third kappa shape index (κ3) is 4.16. The fourth-order valence-corrected chi connectivity index (χ4v) is 1.80. The molecule has 2 N–H and O–H groups in total. The molecule has 1 aromatic heterocycles. The standard InChI is InChI=1S/C12H17N3O5/c1-3-4-8(7-20-2)14-11-5-9(12(16)17)10(6-13-11)15(18)19/h5-6,8H,3-4,7H2,1-2H3,(H,13,14)(H,16,17). The molecule has 1 atom stereocenters. The van der Waals surface area contributed by atoms with Crippen molar-refractivity contribution in [3.05, 3.63) is 27.9 Å². The lowest BCUT2D eigenvalue weighted by atomic mass is 10.1. The van der Waals surface area contributed by atoms with Gasteiger partial charge in [-0.05, 0) is 6.42 Å². The number of pyridine rings is 1. The monoisotopic (exact) mass is 283 g/mol. The zero-order valence-electron chi connectivity index (χ0n) is 11.3. The third-order valence-corrected chi connectivity index (χ3v) is 2.67. The molecule has 0 radical (unpaired) electrons. The van der Waals surface area contributed by atoms with E-state index in [9.17, 15) is 14.9 Å². The first-order valence-corrected chi connectivity index (χ1v) is 6.12. The largest absolute Gasteiger partial charge is 0.477 e. The molecule has 0 aromatic carbocycles. The van der Waals surface area contributed by atoms with Crippen LogP contribution in [0.15, 0.2) is 12.3 Å². The van der Waals surface area contributed by atoms with Crippen LogP contribution in [0.5, 0.6) is 0 Å². The van der Waals surface area contributed by atoms with Crippen LogP contribution < -0.4 is 5.32 Å². The number of methoxy groups -OCH3 is 1. The number of hydrogen-bond acceptors (Lipinski definition) is 6. The van der Waals surface area contributed by atoms with Crippen LogP contribution in [0.1, 0.15) is 30.1 Å². The summed E-state index contributed by atoms with van der Waals surface area (Å²) in [6, 6.07) is 1.14. The molecule has 1 heterocycles. The van der Waals surface area contributed by atoms with E-state index < -0.39 is 16.6 Å². The molecule has 0 saturated carbocycles. The van der Waals surface area contributed by atoms with Gasteiger partial charge in [0.2, 0.25) is 0 Å². The summed E-state index contributed by atoms with van der Waals surface area (Å²) in [5.74, 6) is -1.08. The maximum Gasteiger partial charge on any atom is 0.342 e. The number of nitro groups is 1. The Kier molecular flexibility index (Phi) is 5.85. The van der Waals surface area contributed by atoms with Gasteiger partial charge < -0.3 is 15.2 Å². The molecule has 0 aliphatic carbocycles. The molecule has 0 bridgehead atoms. The van der Waals surface area contributed by atoms with Crippen LogP contribution in [0.4, 0.5) is 11.5 Å². The molecule has 8 nitrogen and oxygen atoms in total. The lowest BCUT2D eigenvalue weighted by Crippen LogP contribution is -2.25. The Morgan fingerprint density at radius 2 is 2.35 bits per heavy atom. The molecule has 8 heteroatoms. The Morgan fingerprint density at radius 3 is 2.85 bits per heavy atom. The van der Waals surface area contributed by atoms with E-state index >= 15 is 0 Å². The van der Waals surface area contributed by atoms with E-state index in [2.05, 4.69) is 10.3 Å². The summed E-state index contributed by atoms with van der Waals surface area (Å²) in [5, 5.41) is 22.7. The Hall–Kier alpha value is -2.22. The molecule has 20 heavy (non-hydrogen) atoms. The number of carboxylic acids is 1. The van der Waals surface area contributed by atoms with Gasteiger partial charge >= 0.3 is 11.7 Å². The highest BCUT2D eigenvalue weighted by Gasteiger charge is 2.21. The van der Waals surface area contributed by atoms with Crippen LogP contribution in [-0.2, 0) is 4.74 Å². The second kappa shape index (κ2) is 7.39. The highest BCUT2D eigenvalue weighted by molar-refractivity contribution is 5.93. The first-order valence-electron chi connectivity index (χ1n) is 6.12. The van der Waals surface area contributed by atoms with Gasteiger partial charge in [0.05, 0.1) is 17.6 Å². The van der Waals surface area contributed by atoms with Crippen molar-refractivity contribution >= 4 is 17.5 Å². The predicted molar refractivity (Wildman–Crippen MR) is 72.0 cm³/mol. The van der Waals surface area contributed by atoms with Gasteiger partial charge in [-0.2, -0.15) is 0 Å². The minimum Gasteiger partial charge on any atom is -0.477 e. The van der Waals surface area contributed by atoms with Crippen molar-refractivity contribution in [3.63, 3.8) is 0 Å². The van der Waals surface area contributed by atoms with Gasteiger partial charge in [0.1, 0.15) is 17.6 Å². The van der Waals surface area contributed by atoms with E-state index in [0.717, 1.165) is 19.0 Å². The number of carboxylic acid groups (broad SMARTS) is 1. The van der Waals surface area contributed by atoms with Crippen molar-refractivity contribution in [2.75, 3.05) is 19.0 Å². The fourth-order valence-electron chi connectivity index (χ4n) is 1.80. The van der Waals surface area contributed by atoms with E-state index in [1.165, 1.54) is 6.07 Å². The summed E-state index contributed by atoms with van der Waals surface area (Å²) in [7, 11) is 1.57. The molecular formula is C12H17N3O5. The number of aromatic carboxylic acids is 1. The van der Waals surface area contributed by atoms with E-state index in [4.69, 9.17) is 9.84 Å². The van der Waals surface area contributed by atoms with Crippen LogP contribution in [0, 0.1) is 10.1 Å². The van der Waals surface area contributed by atoms with Gasteiger partial charge in [0, 0.05) is 13.2 Å². The molecule has 110 valence electrons.